The minimum Gasteiger partial charge on any atom is -0.258 e. The second kappa shape index (κ2) is 8.41. The molecule has 0 atom stereocenters. The standard InChI is InChI=1S/C16H17FN2O4S2/c1-12-2-4-13(5-3-12)11-24-9-8-18-25(22,23)14-6-7-15(17)16(10-14)19(20)21/h2-7,10,18H,8-9,11H2,1H3. The third kappa shape index (κ3) is 5.52. The number of nitro benzene ring substituents is 1. The summed E-state index contributed by atoms with van der Waals surface area (Å²) >= 11 is 1.56. The molecule has 134 valence electrons. The number of benzene rings is 2. The summed E-state index contributed by atoms with van der Waals surface area (Å²) in [5.74, 6) is 0.220. The number of rotatable bonds is 8. The number of nitro groups is 1. The van der Waals surface area contributed by atoms with Crippen LogP contribution in [0.1, 0.15) is 11.1 Å². The van der Waals surface area contributed by atoms with E-state index in [4.69, 9.17) is 0 Å². The number of hydrogen-bond acceptors (Lipinski definition) is 5. The molecule has 0 saturated carbocycles. The Morgan fingerprint density at radius 3 is 2.52 bits per heavy atom. The molecule has 0 amide bonds. The molecule has 0 bridgehead atoms. The number of sulfonamides is 1. The lowest BCUT2D eigenvalue weighted by molar-refractivity contribution is -0.387. The van der Waals surface area contributed by atoms with Crippen molar-refractivity contribution < 1.29 is 17.7 Å². The van der Waals surface area contributed by atoms with Crippen LogP contribution < -0.4 is 4.72 Å². The van der Waals surface area contributed by atoms with Crippen LogP contribution in [0.2, 0.25) is 0 Å². The quantitative estimate of drug-likeness (QED) is 0.429. The van der Waals surface area contributed by atoms with Crippen molar-refractivity contribution in [3.05, 3.63) is 69.5 Å². The molecule has 0 radical (unpaired) electrons. The predicted molar refractivity (Wildman–Crippen MR) is 95.6 cm³/mol. The fourth-order valence-electron chi connectivity index (χ4n) is 2.01. The SMILES string of the molecule is Cc1ccc(CSCCNS(=O)(=O)c2ccc(F)c([N+](=O)[O-])c2)cc1. The monoisotopic (exact) mass is 384 g/mol. The maximum atomic E-state index is 13.3. The molecule has 9 heteroatoms. The lowest BCUT2D eigenvalue weighted by Crippen LogP contribution is -2.26. The zero-order valence-electron chi connectivity index (χ0n) is 13.4. The highest BCUT2D eigenvalue weighted by Gasteiger charge is 2.21. The predicted octanol–water partition coefficient (Wildman–Crippen LogP) is 3.25. The first kappa shape index (κ1) is 19.4. The molecule has 6 nitrogen and oxygen atoms in total. The Balaban J connectivity index is 1.88. The van der Waals surface area contributed by atoms with Crippen LogP contribution in [0.3, 0.4) is 0 Å². The van der Waals surface area contributed by atoms with Crippen LogP contribution in [0.15, 0.2) is 47.4 Å². The van der Waals surface area contributed by atoms with Crippen molar-refractivity contribution in [1.29, 1.82) is 0 Å². The van der Waals surface area contributed by atoms with Crippen LogP contribution in [-0.4, -0.2) is 25.6 Å². The summed E-state index contributed by atoms with van der Waals surface area (Å²) < 4.78 is 39.9. The zero-order valence-corrected chi connectivity index (χ0v) is 15.1. The van der Waals surface area contributed by atoms with Crippen LogP contribution >= 0.6 is 11.8 Å². The van der Waals surface area contributed by atoms with Gasteiger partial charge >= 0.3 is 5.69 Å². The first-order valence-corrected chi connectivity index (χ1v) is 10.0. The molecular formula is C16H17FN2O4S2. The highest BCUT2D eigenvalue weighted by atomic mass is 32.2. The van der Waals surface area contributed by atoms with E-state index in [0.29, 0.717) is 5.75 Å². The van der Waals surface area contributed by atoms with Crippen molar-refractivity contribution in [2.75, 3.05) is 12.3 Å². The van der Waals surface area contributed by atoms with Crippen molar-refractivity contribution in [2.45, 2.75) is 17.6 Å². The van der Waals surface area contributed by atoms with Crippen LogP contribution in [0.5, 0.6) is 0 Å². The lowest BCUT2D eigenvalue weighted by Gasteiger charge is -2.07. The molecule has 0 saturated heterocycles. The summed E-state index contributed by atoms with van der Waals surface area (Å²) in [5.41, 5.74) is 1.46. The van der Waals surface area contributed by atoms with Crippen LogP contribution in [0.4, 0.5) is 10.1 Å². The molecule has 0 heterocycles. The van der Waals surface area contributed by atoms with Crippen molar-refractivity contribution >= 4 is 27.5 Å². The van der Waals surface area contributed by atoms with Crippen molar-refractivity contribution in [1.82, 2.24) is 4.72 Å². The smallest absolute Gasteiger partial charge is 0.258 e. The normalized spacial score (nSPS) is 11.4. The Morgan fingerprint density at radius 1 is 1.20 bits per heavy atom. The maximum Gasteiger partial charge on any atom is 0.306 e. The number of nitrogens with one attached hydrogen (secondary N) is 1. The first-order valence-electron chi connectivity index (χ1n) is 7.36. The molecule has 0 fully saturated rings. The fourth-order valence-corrected chi connectivity index (χ4v) is 4.00. The molecule has 0 aliphatic heterocycles. The molecule has 2 aromatic carbocycles. The number of nitrogens with zero attached hydrogens (tertiary/aromatic N) is 1. The lowest BCUT2D eigenvalue weighted by atomic mass is 10.2. The highest BCUT2D eigenvalue weighted by molar-refractivity contribution is 7.98. The van der Waals surface area contributed by atoms with Gasteiger partial charge in [-0.15, -0.1) is 0 Å². The second-order valence-corrected chi connectivity index (χ2v) is 8.18. The molecule has 1 N–H and O–H groups in total. The summed E-state index contributed by atoms with van der Waals surface area (Å²) in [6.07, 6.45) is 0. The van der Waals surface area contributed by atoms with Gasteiger partial charge in [0.1, 0.15) is 0 Å². The summed E-state index contributed by atoms with van der Waals surface area (Å²) in [6, 6.07) is 10.6. The minimum absolute atomic E-state index is 0.171. The third-order valence-electron chi connectivity index (χ3n) is 3.35. The zero-order chi connectivity index (χ0) is 18.4. The molecular weight excluding hydrogens is 367 g/mol. The van der Waals surface area contributed by atoms with E-state index in [0.717, 1.165) is 29.5 Å². The number of hydrogen-bond donors (Lipinski definition) is 1. The van der Waals surface area contributed by atoms with Gasteiger partial charge in [0.05, 0.1) is 9.82 Å². The summed E-state index contributed by atoms with van der Waals surface area (Å²) in [7, 11) is -3.92. The Hall–Kier alpha value is -1.97. The number of aryl methyl sites for hydroxylation is 1. The van der Waals surface area contributed by atoms with Gasteiger partial charge in [0.2, 0.25) is 15.8 Å². The fraction of sp³-hybridized carbons (Fsp3) is 0.250. The molecule has 2 rings (SSSR count). The summed E-state index contributed by atoms with van der Waals surface area (Å²) in [4.78, 5) is 9.42. The molecule has 0 aromatic heterocycles. The Kier molecular flexibility index (Phi) is 6.51. The first-order chi connectivity index (χ1) is 11.8. The van der Waals surface area contributed by atoms with Crippen LogP contribution in [0, 0.1) is 22.9 Å². The van der Waals surface area contributed by atoms with Gasteiger partial charge in [-0.1, -0.05) is 29.8 Å². The maximum absolute atomic E-state index is 13.3. The van der Waals surface area contributed by atoms with Crippen molar-refractivity contribution in [3.8, 4) is 0 Å². The average Bonchev–Trinajstić information content (AvgIpc) is 2.56. The molecule has 0 unspecified atom stereocenters. The minimum atomic E-state index is -3.92. The molecule has 2 aromatic rings. The van der Waals surface area contributed by atoms with E-state index in [1.54, 1.807) is 11.8 Å². The number of thioether (sulfide) groups is 1. The van der Waals surface area contributed by atoms with Gasteiger partial charge in [-0.3, -0.25) is 10.1 Å². The van der Waals surface area contributed by atoms with Gasteiger partial charge in [-0.25, -0.2) is 13.1 Å². The van der Waals surface area contributed by atoms with E-state index in [9.17, 15) is 22.9 Å². The van der Waals surface area contributed by atoms with Gasteiger partial charge in [0, 0.05) is 24.1 Å². The average molecular weight is 384 g/mol. The largest absolute Gasteiger partial charge is 0.306 e. The summed E-state index contributed by atoms with van der Waals surface area (Å²) in [5, 5.41) is 10.7. The van der Waals surface area contributed by atoms with Gasteiger partial charge in [0.25, 0.3) is 0 Å². The van der Waals surface area contributed by atoms with Gasteiger partial charge < -0.3 is 0 Å². The van der Waals surface area contributed by atoms with E-state index >= 15 is 0 Å². The molecule has 25 heavy (non-hydrogen) atoms. The van der Waals surface area contributed by atoms with Crippen LogP contribution in [0.25, 0.3) is 0 Å². The van der Waals surface area contributed by atoms with Crippen LogP contribution in [-0.2, 0) is 15.8 Å². The van der Waals surface area contributed by atoms with Gasteiger partial charge in [-0.05, 0) is 24.6 Å². The van der Waals surface area contributed by atoms with Gasteiger partial charge in [0.15, 0.2) is 0 Å². The van der Waals surface area contributed by atoms with E-state index in [2.05, 4.69) is 4.72 Å². The topological polar surface area (TPSA) is 89.3 Å². The molecule has 0 spiro atoms. The van der Waals surface area contributed by atoms with E-state index < -0.39 is 26.5 Å². The third-order valence-corrected chi connectivity index (χ3v) is 5.84. The Morgan fingerprint density at radius 2 is 1.88 bits per heavy atom. The molecule has 0 aliphatic rings. The van der Waals surface area contributed by atoms with Crippen molar-refractivity contribution in [2.24, 2.45) is 0 Å². The van der Waals surface area contributed by atoms with Gasteiger partial charge in [-0.2, -0.15) is 16.2 Å². The van der Waals surface area contributed by atoms with E-state index in [-0.39, 0.29) is 11.4 Å². The second-order valence-electron chi connectivity index (χ2n) is 5.31. The highest BCUT2D eigenvalue weighted by Crippen LogP contribution is 2.21. The summed E-state index contributed by atoms with van der Waals surface area (Å²) in [6.45, 7) is 2.18. The Labute approximate surface area is 149 Å². The Bertz CT molecular complexity index is 855. The van der Waals surface area contributed by atoms with E-state index in [1.807, 2.05) is 31.2 Å². The number of halogens is 1. The molecule has 0 aliphatic carbocycles. The van der Waals surface area contributed by atoms with E-state index in [1.165, 1.54) is 5.56 Å². The van der Waals surface area contributed by atoms with Crippen molar-refractivity contribution in [3.63, 3.8) is 0 Å².